The topological polar surface area (TPSA) is 69.6 Å². The average molecular weight is 368 g/mol. The summed E-state index contributed by atoms with van der Waals surface area (Å²) in [7, 11) is 0. The number of nitrogens with one attached hydrogen (secondary N) is 1. The highest BCUT2D eigenvalue weighted by Gasteiger charge is 2.38. The van der Waals surface area contributed by atoms with Crippen LogP contribution in [-0.4, -0.2) is 33.9 Å². The molecular weight excluding hydrogens is 326 g/mol. The van der Waals surface area contributed by atoms with Crippen LogP contribution in [0.2, 0.25) is 0 Å². The molecule has 3 aliphatic rings. The maximum Gasteiger partial charge on any atom is 0.306 e. The normalized spacial score (nSPS) is 25.3. The number of aliphatic carboxylic acids is 1. The van der Waals surface area contributed by atoms with Gasteiger partial charge in [-0.3, -0.25) is 4.79 Å². The van der Waals surface area contributed by atoms with Gasteiger partial charge in [-0.1, -0.05) is 58.3 Å². The lowest BCUT2D eigenvalue weighted by Crippen LogP contribution is -2.40. The van der Waals surface area contributed by atoms with Gasteiger partial charge in [-0.25, -0.2) is 0 Å². The predicted molar refractivity (Wildman–Crippen MR) is 106 cm³/mol. The second-order valence-electron chi connectivity index (χ2n) is 8.85. The number of hydrogen-bond donors (Lipinski definition) is 3. The van der Waals surface area contributed by atoms with E-state index in [0.29, 0.717) is 6.42 Å². The minimum atomic E-state index is -0.956. The maximum atomic E-state index is 10.6. The van der Waals surface area contributed by atoms with Crippen molar-refractivity contribution in [3.05, 3.63) is 0 Å². The fourth-order valence-electron chi connectivity index (χ4n) is 5.15. The van der Waals surface area contributed by atoms with E-state index >= 15 is 0 Å². The Kier molecular flexibility index (Phi) is 9.41. The van der Waals surface area contributed by atoms with Gasteiger partial charge < -0.3 is 15.5 Å². The quantitative estimate of drug-likeness (QED) is 0.615. The van der Waals surface area contributed by atoms with Crippen LogP contribution in [0.3, 0.4) is 0 Å². The summed E-state index contributed by atoms with van der Waals surface area (Å²) in [5.74, 6) is -0.690. The Morgan fingerprint density at radius 2 is 1.27 bits per heavy atom. The van der Waals surface area contributed by atoms with Crippen LogP contribution in [0.25, 0.3) is 0 Å². The first kappa shape index (κ1) is 21.7. The van der Waals surface area contributed by atoms with Gasteiger partial charge >= 0.3 is 5.97 Å². The average Bonchev–Trinajstić information content (AvgIpc) is 3.19. The third-order valence-electron chi connectivity index (χ3n) is 6.87. The summed E-state index contributed by atoms with van der Waals surface area (Å²) in [6.45, 7) is 1.86. The number of aliphatic hydroxyl groups is 1. The van der Waals surface area contributed by atoms with Crippen molar-refractivity contribution in [1.29, 1.82) is 0 Å². The molecular formula is C22H41NO3. The van der Waals surface area contributed by atoms with E-state index < -0.39 is 11.6 Å². The van der Waals surface area contributed by atoms with Crippen LogP contribution in [0.5, 0.6) is 0 Å². The van der Waals surface area contributed by atoms with Gasteiger partial charge in [0.05, 0.1) is 12.0 Å². The Hall–Kier alpha value is -0.610. The smallest absolute Gasteiger partial charge is 0.306 e. The molecule has 0 radical (unpaired) electrons. The predicted octanol–water partition coefficient (Wildman–Crippen LogP) is 5.03. The zero-order valence-corrected chi connectivity index (χ0v) is 16.8. The van der Waals surface area contributed by atoms with Gasteiger partial charge in [-0.05, 0) is 50.9 Å². The molecule has 0 bridgehead atoms. The molecule has 3 rings (SSSR count). The van der Waals surface area contributed by atoms with Gasteiger partial charge in [0.1, 0.15) is 0 Å². The van der Waals surface area contributed by atoms with E-state index in [9.17, 15) is 9.90 Å². The van der Waals surface area contributed by atoms with Crippen molar-refractivity contribution < 1.29 is 15.0 Å². The molecule has 152 valence electrons. The molecule has 0 aromatic carbocycles. The van der Waals surface area contributed by atoms with E-state index in [4.69, 9.17) is 5.11 Å². The fourth-order valence-corrected chi connectivity index (χ4v) is 5.15. The minimum absolute atomic E-state index is 0.103. The third-order valence-corrected chi connectivity index (χ3v) is 6.87. The highest BCUT2D eigenvalue weighted by molar-refractivity contribution is 5.68. The van der Waals surface area contributed by atoms with Gasteiger partial charge in [0.2, 0.25) is 0 Å². The summed E-state index contributed by atoms with van der Waals surface area (Å²) in [5.41, 5.74) is -0.956. The number of carboxylic acid groups (broad SMARTS) is 1. The van der Waals surface area contributed by atoms with Crippen molar-refractivity contribution in [2.45, 2.75) is 127 Å². The van der Waals surface area contributed by atoms with E-state index in [2.05, 4.69) is 5.32 Å². The molecule has 1 atom stereocenters. The monoisotopic (exact) mass is 367 g/mol. The lowest BCUT2D eigenvalue weighted by atomic mass is 9.81. The first-order valence-corrected chi connectivity index (χ1v) is 11.2. The van der Waals surface area contributed by atoms with E-state index in [-0.39, 0.29) is 12.3 Å². The molecule has 26 heavy (non-hydrogen) atoms. The van der Waals surface area contributed by atoms with E-state index in [1.165, 1.54) is 64.2 Å². The van der Waals surface area contributed by atoms with Gasteiger partial charge in [-0.2, -0.15) is 0 Å². The molecule has 0 heterocycles. The number of carbonyl (C=O) groups is 1. The Labute approximate surface area is 160 Å². The highest BCUT2D eigenvalue weighted by Crippen LogP contribution is 2.38. The van der Waals surface area contributed by atoms with Crippen LogP contribution < -0.4 is 5.32 Å². The standard InChI is InChI=1S/C12H23N.C10H18O3/c1-3-7-11(8-4-1)13-12-9-5-2-6-10-12;1-2-10(13,7-9(11)12)8-5-3-4-6-8/h11-13H,1-10H2;8,13H,2-7H2,1H3,(H,11,12). The van der Waals surface area contributed by atoms with Crippen molar-refractivity contribution >= 4 is 5.97 Å². The molecule has 3 aliphatic carbocycles. The summed E-state index contributed by atoms with van der Waals surface area (Å²) in [6, 6.07) is 1.74. The molecule has 0 aromatic heterocycles. The number of hydrogen-bond acceptors (Lipinski definition) is 3. The fraction of sp³-hybridized carbons (Fsp3) is 0.955. The Morgan fingerprint density at radius 1 is 0.846 bits per heavy atom. The molecule has 3 saturated carbocycles. The Bertz CT molecular complexity index is 380. The van der Waals surface area contributed by atoms with Crippen molar-refractivity contribution in [1.82, 2.24) is 5.32 Å². The van der Waals surface area contributed by atoms with Gasteiger partial charge in [0.15, 0.2) is 0 Å². The number of rotatable bonds is 6. The summed E-state index contributed by atoms with van der Waals surface area (Å²) in [4.78, 5) is 10.6. The third kappa shape index (κ3) is 7.19. The lowest BCUT2D eigenvalue weighted by Gasteiger charge is -2.31. The number of carboxylic acids is 1. The second kappa shape index (κ2) is 11.3. The van der Waals surface area contributed by atoms with E-state index in [0.717, 1.165) is 37.8 Å². The zero-order valence-electron chi connectivity index (χ0n) is 16.8. The molecule has 0 aliphatic heterocycles. The van der Waals surface area contributed by atoms with E-state index in [1.54, 1.807) is 0 Å². The summed E-state index contributed by atoms with van der Waals surface area (Å²) >= 11 is 0. The molecule has 4 nitrogen and oxygen atoms in total. The van der Waals surface area contributed by atoms with Crippen LogP contribution in [-0.2, 0) is 4.79 Å². The summed E-state index contributed by atoms with van der Waals surface area (Å²) < 4.78 is 0. The first-order chi connectivity index (χ1) is 12.5. The van der Waals surface area contributed by atoms with Crippen molar-refractivity contribution in [2.24, 2.45) is 5.92 Å². The van der Waals surface area contributed by atoms with Gasteiger partial charge in [-0.15, -0.1) is 0 Å². The first-order valence-electron chi connectivity index (χ1n) is 11.2. The van der Waals surface area contributed by atoms with Crippen molar-refractivity contribution in [3.8, 4) is 0 Å². The van der Waals surface area contributed by atoms with Gasteiger partial charge in [0, 0.05) is 12.1 Å². The molecule has 0 spiro atoms. The Balaban J connectivity index is 0.000000187. The molecule has 3 fully saturated rings. The lowest BCUT2D eigenvalue weighted by molar-refractivity contribution is -0.145. The van der Waals surface area contributed by atoms with E-state index in [1.807, 2.05) is 6.92 Å². The molecule has 1 unspecified atom stereocenters. The molecule has 0 aromatic rings. The largest absolute Gasteiger partial charge is 0.481 e. The summed E-state index contributed by atoms with van der Waals surface area (Å²) in [6.07, 6.45) is 19.2. The van der Waals surface area contributed by atoms with Crippen LogP contribution in [0.1, 0.15) is 110 Å². The minimum Gasteiger partial charge on any atom is -0.481 e. The highest BCUT2D eigenvalue weighted by atomic mass is 16.4. The molecule has 0 saturated heterocycles. The molecule has 3 N–H and O–H groups in total. The SMILES string of the molecule is C1CCC(NC2CCCCC2)CC1.CCC(O)(CC(=O)O)C1CCCC1. The second-order valence-corrected chi connectivity index (χ2v) is 8.85. The van der Waals surface area contributed by atoms with Crippen LogP contribution >= 0.6 is 0 Å². The van der Waals surface area contributed by atoms with Crippen molar-refractivity contribution in [3.63, 3.8) is 0 Å². The maximum absolute atomic E-state index is 10.6. The Morgan fingerprint density at radius 3 is 1.65 bits per heavy atom. The van der Waals surface area contributed by atoms with Crippen LogP contribution in [0.4, 0.5) is 0 Å². The van der Waals surface area contributed by atoms with Crippen LogP contribution in [0, 0.1) is 5.92 Å². The summed E-state index contributed by atoms with van der Waals surface area (Å²) in [5, 5.41) is 22.6. The van der Waals surface area contributed by atoms with Gasteiger partial charge in [0.25, 0.3) is 0 Å². The molecule has 4 heteroatoms. The molecule has 0 amide bonds. The van der Waals surface area contributed by atoms with Crippen molar-refractivity contribution in [2.75, 3.05) is 0 Å². The zero-order chi connectivity index (χ0) is 18.8. The van der Waals surface area contributed by atoms with Crippen LogP contribution in [0.15, 0.2) is 0 Å².